The molecule has 0 nitrogen and oxygen atoms in total. The number of rotatable bonds is 6. The van der Waals surface area contributed by atoms with Crippen LogP contribution < -0.4 is 0 Å². The van der Waals surface area contributed by atoms with E-state index in [9.17, 15) is 0 Å². The van der Waals surface area contributed by atoms with Gasteiger partial charge in [-0.3, -0.25) is 0 Å². The van der Waals surface area contributed by atoms with E-state index >= 15 is 0 Å². The van der Waals surface area contributed by atoms with Crippen molar-refractivity contribution < 1.29 is 0 Å². The Bertz CT molecular complexity index is 520. The van der Waals surface area contributed by atoms with E-state index in [0.29, 0.717) is 11.2 Å². The predicted molar refractivity (Wildman–Crippen MR) is 127 cm³/mol. The Morgan fingerprint density at radius 3 is 2.24 bits per heavy atom. The summed E-state index contributed by atoms with van der Waals surface area (Å²) in [4.78, 5) is 0. The zero-order valence-corrected chi connectivity index (χ0v) is 20.2. The summed E-state index contributed by atoms with van der Waals surface area (Å²) in [5.74, 6) is 8.04. The van der Waals surface area contributed by atoms with Gasteiger partial charge in [0.05, 0.1) is 7.85 Å². The van der Waals surface area contributed by atoms with Crippen molar-refractivity contribution in [3.05, 3.63) is 0 Å². The summed E-state index contributed by atoms with van der Waals surface area (Å²) in [5.41, 5.74) is 0.626. The molecule has 2 radical (unpaired) electrons. The zero-order valence-electron chi connectivity index (χ0n) is 20.2. The van der Waals surface area contributed by atoms with Crippen molar-refractivity contribution in [2.45, 2.75) is 123 Å². The van der Waals surface area contributed by atoms with Crippen LogP contribution in [0.2, 0.25) is 5.82 Å². The van der Waals surface area contributed by atoms with Crippen molar-refractivity contribution in [2.24, 2.45) is 52.8 Å². The molecule has 0 aromatic rings. The van der Waals surface area contributed by atoms with E-state index in [2.05, 4.69) is 27.7 Å². The van der Waals surface area contributed by atoms with Gasteiger partial charge in [0.15, 0.2) is 0 Å². The van der Waals surface area contributed by atoms with Gasteiger partial charge in [0.2, 0.25) is 0 Å². The molecule has 4 aliphatic carbocycles. The van der Waals surface area contributed by atoms with Crippen molar-refractivity contribution in [2.75, 3.05) is 0 Å². The van der Waals surface area contributed by atoms with E-state index in [1.165, 1.54) is 89.9 Å². The molecule has 4 saturated carbocycles. The zero-order chi connectivity index (χ0) is 20.6. The van der Waals surface area contributed by atoms with Gasteiger partial charge in [-0.05, 0) is 91.3 Å². The number of hydrogen-bond donors (Lipinski definition) is 0. The molecule has 0 aliphatic heterocycles. The van der Waals surface area contributed by atoms with Gasteiger partial charge in [0, 0.05) is 0 Å². The number of hydrogen-bond acceptors (Lipinski definition) is 0. The summed E-state index contributed by atoms with van der Waals surface area (Å²) in [6.07, 6.45) is 20.5. The Balaban J connectivity index is 1.71. The average Bonchev–Trinajstić information content (AvgIpc) is 3.05. The third-order valence-corrected chi connectivity index (χ3v) is 11.0. The Morgan fingerprint density at radius 1 is 0.828 bits per heavy atom. The van der Waals surface area contributed by atoms with Crippen LogP contribution in [0.5, 0.6) is 0 Å². The topological polar surface area (TPSA) is 0 Å². The lowest BCUT2D eigenvalue weighted by atomic mass is 9.49. The molecule has 4 fully saturated rings. The lowest BCUT2D eigenvalue weighted by molar-refractivity contribution is -0.0636. The molecule has 4 rings (SSSR count). The fourth-order valence-corrected chi connectivity index (χ4v) is 9.46. The molecule has 8 atom stereocenters. The summed E-state index contributed by atoms with van der Waals surface area (Å²) in [7, 11) is 6.94. The standard InChI is InChI=1S/C28H49B/c1-5-19(2)13-16-21(4)28(22-17-14-20(3)15-18-22)24-10-7-6-9-23(24)27-25(28)11-8-12-26(27)29/h19-27H,5-18H2,1-4H3. The van der Waals surface area contributed by atoms with Crippen molar-refractivity contribution in [3.8, 4) is 0 Å². The van der Waals surface area contributed by atoms with Crippen molar-refractivity contribution >= 4 is 7.85 Å². The van der Waals surface area contributed by atoms with Crippen LogP contribution in [0.3, 0.4) is 0 Å². The smallest absolute Gasteiger partial charge is 0.0703 e. The van der Waals surface area contributed by atoms with Gasteiger partial charge in [-0.2, -0.15) is 0 Å². The van der Waals surface area contributed by atoms with Gasteiger partial charge in [-0.25, -0.2) is 0 Å². The van der Waals surface area contributed by atoms with E-state index in [1.54, 1.807) is 0 Å². The Kier molecular flexibility index (Phi) is 7.13. The van der Waals surface area contributed by atoms with Crippen LogP contribution in [0, 0.1) is 52.8 Å². The highest BCUT2D eigenvalue weighted by atomic mass is 14.7. The van der Waals surface area contributed by atoms with Crippen LogP contribution in [0.15, 0.2) is 0 Å². The van der Waals surface area contributed by atoms with Crippen LogP contribution in [0.4, 0.5) is 0 Å². The van der Waals surface area contributed by atoms with Gasteiger partial charge >= 0.3 is 0 Å². The molecule has 0 heterocycles. The normalized spacial score (nSPS) is 47.2. The summed E-state index contributed by atoms with van der Waals surface area (Å²) < 4.78 is 0. The molecule has 29 heavy (non-hydrogen) atoms. The maximum atomic E-state index is 6.94. The molecule has 0 amide bonds. The van der Waals surface area contributed by atoms with Gasteiger partial charge in [0.1, 0.15) is 0 Å². The molecule has 0 bridgehead atoms. The lowest BCUT2D eigenvalue weighted by Gasteiger charge is -2.55. The third-order valence-electron chi connectivity index (χ3n) is 11.0. The second-order valence-corrected chi connectivity index (χ2v) is 12.3. The SMILES string of the molecule is [B]C1CCCC2C1C1CCCCC1C2(C(C)CCC(C)CC)C1CCC(C)CC1. The highest BCUT2D eigenvalue weighted by Gasteiger charge is 2.65. The maximum absolute atomic E-state index is 6.94. The Morgan fingerprint density at radius 2 is 1.52 bits per heavy atom. The molecular formula is C28H49B. The van der Waals surface area contributed by atoms with Crippen molar-refractivity contribution in [1.29, 1.82) is 0 Å². The molecule has 8 unspecified atom stereocenters. The van der Waals surface area contributed by atoms with E-state index in [1.807, 2.05) is 0 Å². The Hall–Kier alpha value is 0.0649. The molecule has 0 N–H and O–H groups in total. The third kappa shape index (κ3) is 3.88. The molecular weight excluding hydrogens is 347 g/mol. The molecule has 0 spiro atoms. The predicted octanol–water partition coefficient (Wildman–Crippen LogP) is 8.45. The molecule has 0 aromatic heterocycles. The fraction of sp³-hybridized carbons (Fsp3) is 1.00. The first kappa shape index (κ1) is 22.3. The summed E-state index contributed by atoms with van der Waals surface area (Å²) in [6.45, 7) is 10.1. The fourth-order valence-electron chi connectivity index (χ4n) is 9.46. The van der Waals surface area contributed by atoms with Gasteiger partial charge < -0.3 is 0 Å². The van der Waals surface area contributed by atoms with Gasteiger partial charge in [-0.15, -0.1) is 0 Å². The first-order valence-electron chi connectivity index (χ1n) is 13.8. The van der Waals surface area contributed by atoms with Crippen LogP contribution in [0.1, 0.15) is 118 Å². The summed E-state index contributed by atoms with van der Waals surface area (Å²) in [5, 5.41) is 0. The van der Waals surface area contributed by atoms with Crippen LogP contribution in [-0.4, -0.2) is 7.85 Å². The average molecular weight is 397 g/mol. The van der Waals surface area contributed by atoms with Crippen LogP contribution in [0.25, 0.3) is 0 Å². The van der Waals surface area contributed by atoms with E-state index in [-0.39, 0.29) is 0 Å². The van der Waals surface area contributed by atoms with Gasteiger partial charge in [-0.1, -0.05) is 84.9 Å². The molecule has 164 valence electrons. The highest BCUT2D eigenvalue weighted by molar-refractivity contribution is 6.11. The van der Waals surface area contributed by atoms with Crippen LogP contribution >= 0.6 is 0 Å². The second kappa shape index (κ2) is 9.28. The van der Waals surface area contributed by atoms with Crippen molar-refractivity contribution in [1.82, 2.24) is 0 Å². The monoisotopic (exact) mass is 396 g/mol. The molecule has 0 aromatic carbocycles. The molecule has 4 aliphatic rings. The van der Waals surface area contributed by atoms with Gasteiger partial charge in [0.25, 0.3) is 0 Å². The minimum absolute atomic E-state index is 0.505. The first-order valence-corrected chi connectivity index (χ1v) is 13.8. The first-order chi connectivity index (χ1) is 14.0. The Labute approximate surface area is 184 Å². The van der Waals surface area contributed by atoms with Crippen LogP contribution in [-0.2, 0) is 0 Å². The minimum atomic E-state index is 0.505. The quantitative estimate of drug-likeness (QED) is 0.395. The largest absolute Gasteiger partial charge is 0.0740 e. The second-order valence-electron chi connectivity index (χ2n) is 12.3. The minimum Gasteiger partial charge on any atom is -0.0740 e. The molecule has 0 saturated heterocycles. The lowest BCUT2D eigenvalue weighted by Crippen LogP contribution is -2.48. The van der Waals surface area contributed by atoms with E-state index in [0.717, 1.165) is 47.3 Å². The summed E-state index contributed by atoms with van der Waals surface area (Å²) in [6, 6.07) is 0. The maximum Gasteiger partial charge on any atom is 0.0703 e. The van der Waals surface area contributed by atoms with E-state index < -0.39 is 0 Å². The summed E-state index contributed by atoms with van der Waals surface area (Å²) >= 11 is 0. The number of fused-ring (bicyclic) bond motifs is 3. The highest BCUT2D eigenvalue weighted by Crippen LogP contribution is 2.72. The molecule has 1 heteroatoms. The van der Waals surface area contributed by atoms with E-state index in [4.69, 9.17) is 7.85 Å². The van der Waals surface area contributed by atoms with Crippen molar-refractivity contribution in [3.63, 3.8) is 0 Å².